The number of nitrogens with one attached hydrogen (secondary N) is 1. The summed E-state index contributed by atoms with van der Waals surface area (Å²) in [4.78, 5) is 20.9. The van der Waals surface area contributed by atoms with Crippen molar-refractivity contribution in [3.63, 3.8) is 0 Å². The molecule has 1 N–H and O–H groups in total. The number of fused-ring (bicyclic) bond motifs is 1. The Bertz CT molecular complexity index is 1060. The first kappa shape index (κ1) is 21.0. The van der Waals surface area contributed by atoms with E-state index in [4.69, 9.17) is 0 Å². The van der Waals surface area contributed by atoms with Crippen LogP contribution in [0.2, 0.25) is 0 Å². The molecule has 152 valence electrons. The summed E-state index contributed by atoms with van der Waals surface area (Å²) in [5, 5.41) is 5.96. The number of hydrazone groups is 1. The third-order valence-electron chi connectivity index (χ3n) is 4.71. The van der Waals surface area contributed by atoms with Crippen molar-refractivity contribution in [3.8, 4) is 0 Å². The van der Waals surface area contributed by atoms with Gasteiger partial charge in [-0.3, -0.25) is 4.79 Å². The average molecular weight is 410 g/mol. The van der Waals surface area contributed by atoms with Gasteiger partial charge in [0.2, 0.25) is 0 Å². The van der Waals surface area contributed by atoms with Crippen molar-refractivity contribution in [2.24, 2.45) is 5.10 Å². The van der Waals surface area contributed by atoms with Crippen LogP contribution in [0, 0.1) is 27.7 Å². The molecule has 0 unspecified atom stereocenters. The molecule has 3 aromatic rings. The molecule has 0 bridgehead atoms. The molecule has 0 spiro atoms. The number of thioether (sulfide) groups is 1. The van der Waals surface area contributed by atoms with Crippen LogP contribution in [-0.2, 0) is 4.79 Å². The molecule has 0 saturated carbocycles. The molecule has 1 aromatic carbocycles. The Hall–Kier alpha value is -2.67. The minimum atomic E-state index is -0.185. The summed E-state index contributed by atoms with van der Waals surface area (Å²) in [5.74, 6) is 0.0296. The fourth-order valence-corrected chi connectivity index (χ4v) is 4.33. The molecule has 7 heteroatoms. The maximum absolute atomic E-state index is 12.2. The van der Waals surface area contributed by atoms with E-state index >= 15 is 0 Å². The standard InChI is InChI=1S/C22H27N5OS/c1-13(2)27-17(6)19(18-9-7-8-14(3)21(18)27)11-23-26-20(28)12-29-22-24-15(4)10-16(5)25-22/h7-11,13H,12H2,1-6H3,(H,26,28)/b23-11+. The highest BCUT2D eigenvalue weighted by molar-refractivity contribution is 7.99. The zero-order valence-corrected chi connectivity index (χ0v) is 18.6. The monoisotopic (exact) mass is 409 g/mol. The molecule has 1 amide bonds. The van der Waals surface area contributed by atoms with Crippen molar-refractivity contribution >= 4 is 34.8 Å². The van der Waals surface area contributed by atoms with Gasteiger partial charge in [-0.05, 0) is 53.2 Å². The van der Waals surface area contributed by atoms with Crippen molar-refractivity contribution in [3.05, 3.63) is 52.5 Å². The lowest BCUT2D eigenvalue weighted by Gasteiger charge is -2.13. The molecule has 3 rings (SSSR count). The van der Waals surface area contributed by atoms with Crippen LogP contribution < -0.4 is 5.43 Å². The minimum Gasteiger partial charge on any atom is -0.341 e. The molecule has 0 aliphatic carbocycles. The van der Waals surface area contributed by atoms with E-state index in [1.54, 1.807) is 6.21 Å². The van der Waals surface area contributed by atoms with E-state index in [1.165, 1.54) is 22.8 Å². The van der Waals surface area contributed by atoms with Crippen LogP contribution in [0.5, 0.6) is 0 Å². The third-order valence-corrected chi connectivity index (χ3v) is 5.56. The van der Waals surface area contributed by atoms with E-state index in [2.05, 4.69) is 71.0 Å². The summed E-state index contributed by atoms with van der Waals surface area (Å²) in [6.45, 7) is 12.4. The second-order valence-corrected chi connectivity index (χ2v) is 8.39. The van der Waals surface area contributed by atoms with E-state index in [0.29, 0.717) is 11.2 Å². The molecule has 0 aliphatic rings. The summed E-state index contributed by atoms with van der Waals surface area (Å²) in [6, 6.07) is 8.52. The van der Waals surface area contributed by atoms with Crippen molar-refractivity contribution in [2.75, 3.05) is 5.75 Å². The number of carbonyl (C=O) groups excluding carboxylic acids is 1. The zero-order chi connectivity index (χ0) is 21.1. The summed E-state index contributed by atoms with van der Waals surface area (Å²) >= 11 is 1.31. The number of benzene rings is 1. The molecular formula is C22H27N5OS. The second kappa shape index (κ2) is 8.78. The Labute approximate surface area is 175 Å². The van der Waals surface area contributed by atoms with Crippen LogP contribution in [0.15, 0.2) is 34.5 Å². The summed E-state index contributed by atoms with van der Waals surface area (Å²) in [6.07, 6.45) is 1.74. The van der Waals surface area contributed by atoms with E-state index in [-0.39, 0.29) is 11.7 Å². The fourth-order valence-electron chi connectivity index (χ4n) is 3.59. The molecule has 0 aliphatic heterocycles. The highest BCUT2D eigenvalue weighted by Crippen LogP contribution is 2.30. The number of aromatic nitrogens is 3. The topological polar surface area (TPSA) is 72.2 Å². The molecule has 0 radical (unpaired) electrons. The Balaban J connectivity index is 1.73. The van der Waals surface area contributed by atoms with Gasteiger partial charge < -0.3 is 4.57 Å². The van der Waals surface area contributed by atoms with Crippen LogP contribution in [-0.4, -0.2) is 32.4 Å². The van der Waals surface area contributed by atoms with E-state index in [9.17, 15) is 4.79 Å². The van der Waals surface area contributed by atoms with Crippen LogP contribution in [0.3, 0.4) is 0 Å². The average Bonchev–Trinajstić information content (AvgIpc) is 2.93. The first-order chi connectivity index (χ1) is 13.8. The smallest absolute Gasteiger partial charge is 0.250 e. The van der Waals surface area contributed by atoms with E-state index < -0.39 is 0 Å². The van der Waals surface area contributed by atoms with Crippen LogP contribution in [0.1, 0.15) is 48.1 Å². The summed E-state index contributed by atoms with van der Waals surface area (Å²) in [5.41, 5.74) is 9.03. The second-order valence-electron chi connectivity index (χ2n) is 7.45. The number of nitrogens with zero attached hydrogens (tertiary/aromatic N) is 4. The Morgan fingerprint density at radius 2 is 1.90 bits per heavy atom. The van der Waals surface area contributed by atoms with E-state index in [0.717, 1.165) is 28.0 Å². The van der Waals surface area contributed by atoms with Gasteiger partial charge >= 0.3 is 0 Å². The normalized spacial score (nSPS) is 11.7. The molecule has 6 nitrogen and oxygen atoms in total. The van der Waals surface area contributed by atoms with Crippen LogP contribution >= 0.6 is 11.8 Å². The Morgan fingerprint density at radius 1 is 1.21 bits per heavy atom. The van der Waals surface area contributed by atoms with Gasteiger partial charge in [0.25, 0.3) is 5.91 Å². The lowest BCUT2D eigenvalue weighted by Crippen LogP contribution is -2.20. The van der Waals surface area contributed by atoms with Gasteiger partial charge in [-0.2, -0.15) is 5.10 Å². The lowest BCUT2D eigenvalue weighted by atomic mass is 10.1. The predicted octanol–water partition coefficient (Wildman–Crippen LogP) is 4.49. The number of carbonyl (C=O) groups is 1. The first-order valence-electron chi connectivity index (χ1n) is 9.65. The highest BCUT2D eigenvalue weighted by Gasteiger charge is 2.16. The van der Waals surface area contributed by atoms with Crippen molar-refractivity contribution in [1.29, 1.82) is 0 Å². The Morgan fingerprint density at radius 3 is 2.55 bits per heavy atom. The fraction of sp³-hybridized carbons (Fsp3) is 0.364. The number of hydrogen-bond donors (Lipinski definition) is 1. The van der Waals surface area contributed by atoms with Gasteiger partial charge in [0.05, 0.1) is 17.5 Å². The van der Waals surface area contributed by atoms with Crippen molar-refractivity contribution in [1.82, 2.24) is 20.0 Å². The third kappa shape index (κ3) is 4.67. The molecular weight excluding hydrogens is 382 g/mol. The predicted molar refractivity (Wildman–Crippen MR) is 120 cm³/mol. The number of amides is 1. The molecule has 0 saturated heterocycles. The number of rotatable bonds is 6. The Kier molecular flexibility index (Phi) is 6.37. The van der Waals surface area contributed by atoms with Gasteiger partial charge in [-0.1, -0.05) is 30.0 Å². The quantitative estimate of drug-likeness (QED) is 0.282. The molecule has 2 heterocycles. The maximum atomic E-state index is 12.2. The molecule has 0 atom stereocenters. The number of hydrogen-bond acceptors (Lipinski definition) is 5. The number of aryl methyl sites for hydroxylation is 3. The minimum absolute atomic E-state index is 0.185. The SMILES string of the molecule is Cc1cc(C)nc(SCC(=O)N/N=C/c2c(C)n(C(C)C)c3c(C)cccc23)n1. The van der Waals surface area contributed by atoms with Gasteiger partial charge in [0.15, 0.2) is 5.16 Å². The molecule has 2 aromatic heterocycles. The summed E-state index contributed by atoms with van der Waals surface area (Å²) in [7, 11) is 0. The molecule has 29 heavy (non-hydrogen) atoms. The summed E-state index contributed by atoms with van der Waals surface area (Å²) < 4.78 is 2.32. The molecule has 0 fully saturated rings. The number of para-hydroxylation sites is 1. The maximum Gasteiger partial charge on any atom is 0.250 e. The van der Waals surface area contributed by atoms with Gasteiger partial charge in [-0.25, -0.2) is 15.4 Å². The van der Waals surface area contributed by atoms with Crippen LogP contribution in [0.25, 0.3) is 10.9 Å². The van der Waals surface area contributed by atoms with Crippen LogP contribution in [0.4, 0.5) is 0 Å². The van der Waals surface area contributed by atoms with E-state index in [1.807, 2.05) is 19.9 Å². The van der Waals surface area contributed by atoms with Crippen molar-refractivity contribution < 1.29 is 4.79 Å². The van der Waals surface area contributed by atoms with Gasteiger partial charge in [0, 0.05) is 34.1 Å². The lowest BCUT2D eigenvalue weighted by molar-refractivity contribution is -0.118. The first-order valence-corrected chi connectivity index (χ1v) is 10.6. The highest BCUT2D eigenvalue weighted by atomic mass is 32.2. The van der Waals surface area contributed by atoms with Gasteiger partial charge in [-0.15, -0.1) is 0 Å². The van der Waals surface area contributed by atoms with Gasteiger partial charge in [0.1, 0.15) is 0 Å². The van der Waals surface area contributed by atoms with Crippen molar-refractivity contribution in [2.45, 2.75) is 52.7 Å². The largest absolute Gasteiger partial charge is 0.341 e. The zero-order valence-electron chi connectivity index (χ0n) is 17.8.